The lowest BCUT2D eigenvalue weighted by atomic mass is 10.2. The second-order valence-corrected chi connectivity index (χ2v) is 3.05. The molecule has 0 saturated carbocycles. The highest BCUT2D eigenvalue weighted by Gasteiger charge is 2.09. The van der Waals surface area contributed by atoms with Gasteiger partial charge in [0.1, 0.15) is 16.6 Å². The number of nitrogens with zero attached hydrogens (tertiary/aromatic N) is 2. The number of hydrogen-bond acceptors (Lipinski definition) is 3. The Morgan fingerprint density at radius 3 is 2.15 bits per heavy atom. The van der Waals surface area contributed by atoms with Gasteiger partial charge in [0.25, 0.3) is 0 Å². The molecule has 2 N–H and O–H groups in total. The van der Waals surface area contributed by atoms with E-state index in [1.807, 2.05) is 26.8 Å². The standard InChI is InChI=1S/C9H15N3S/c1-4-12(5-2)7(3)8(6-10)9(11)13/h4-5H2,1-3H3,(H2,11,13)/b8-7-. The van der Waals surface area contributed by atoms with E-state index in [1.165, 1.54) is 0 Å². The molecule has 0 amide bonds. The Hall–Kier alpha value is -1.08. The van der Waals surface area contributed by atoms with Crippen molar-refractivity contribution < 1.29 is 0 Å². The molecule has 4 heteroatoms. The molecule has 0 aromatic heterocycles. The van der Waals surface area contributed by atoms with Crippen molar-refractivity contribution in [2.45, 2.75) is 20.8 Å². The first-order valence-corrected chi connectivity index (χ1v) is 4.64. The van der Waals surface area contributed by atoms with Gasteiger partial charge in [0.05, 0.1) is 0 Å². The van der Waals surface area contributed by atoms with Gasteiger partial charge in [-0.25, -0.2) is 0 Å². The Morgan fingerprint density at radius 2 is 1.92 bits per heavy atom. The van der Waals surface area contributed by atoms with Crippen molar-refractivity contribution in [1.29, 1.82) is 5.26 Å². The van der Waals surface area contributed by atoms with Crippen LogP contribution in [-0.4, -0.2) is 23.0 Å². The lowest BCUT2D eigenvalue weighted by molar-refractivity contribution is 0.382. The van der Waals surface area contributed by atoms with Crippen LogP contribution in [0.5, 0.6) is 0 Å². The van der Waals surface area contributed by atoms with Crippen molar-refractivity contribution in [1.82, 2.24) is 4.90 Å². The molecule has 0 atom stereocenters. The summed E-state index contributed by atoms with van der Waals surface area (Å²) < 4.78 is 0. The number of rotatable bonds is 4. The minimum Gasteiger partial charge on any atom is -0.389 e. The normalized spacial score (nSPS) is 11.5. The average molecular weight is 197 g/mol. The summed E-state index contributed by atoms with van der Waals surface area (Å²) in [6.07, 6.45) is 0. The molecule has 0 bridgehead atoms. The maximum Gasteiger partial charge on any atom is 0.116 e. The first-order chi connectivity index (χ1) is 6.08. The number of allylic oxidation sites excluding steroid dienone is 1. The summed E-state index contributed by atoms with van der Waals surface area (Å²) in [6, 6.07) is 2.02. The van der Waals surface area contributed by atoms with Crippen LogP contribution in [0.25, 0.3) is 0 Å². The topological polar surface area (TPSA) is 53.0 Å². The molecule has 0 aliphatic carbocycles. The molecule has 72 valence electrons. The van der Waals surface area contributed by atoms with Crippen molar-refractivity contribution in [3.05, 3.63) is 11.3 Å². The molecule has 0 rings (SSSR count). The average Bonchev–Trinajstić information content (AvgIpc) is 2.07. The zero-order valence-electron chi connectivity index (χ0n) is 8.29. The highest BCUT2D eigenvalue weighted by atomic mass is 32.1. The monoisotopic (exact) mass is 197 g/mol. The first-order valence-electron chi connectivity index (χ1n) is 4.24. The summed E-state index contributed by atoms with van der Waals surface area (Å²) in [4.78, 5) is 2.23. The van der Waals surface area contributed by atoms with Crippen LogP contribution >= 0.6 is 12.2 Å². The van der Waals surface area contributed by atoms with Gasteiger partial charge >= 0.3 is 0 Å². The molecule has 13 heavy (non-hydrogen) atoms. The van der Waals surface area contributed by atoms with Gasteiger partial charge in [-0.05, 0) is 20.8 Å². The van der Waals surface area contributed by atoms with E-state index in [4.69, 9.17) is 23.2 Å². The Bertz CT molecular complexity index is 259. The van der Waals surface area contributed by atoms with Gasteiger partial charge in [0.15, 0.2) is 0 Å². The molecule has 3 nitrogen and oxygen atoms in total. The van der Waals surface area contributed by atoms with E-state index < -0.39 is 0 Å². The Balaban J connectivity index is 4.96. The van der Waals surface area contributed by atoms with E-state index >= 15 is 0 Å². The van der Waals surface area contributed by atoms with Gasteiger partial charge in [0.2, 0.25) is 0 Å². The second kappa shape index (κ2) is 5.55. The van der Waals surface area contributed by atoms with Gasteiger partial charge in [-0.3, -0.25) is 0 Å². The molecule has 0 aromatic carbocycles. The fourth-order valence-corrected chi connectivity index (χ4v) is 1.36. The SMILES string of the molecule is CCN(CC)/C(C)=C(/C#N)C(N)=S. The third-order valence-corrected chi connectivity index (χ3v) is 2.16. The van der Waals surface area contributed by atoms with E-state index in [9.17, 15) is 0 Å². The highest BCUT2D eigenvalue weighted by Crippen LogP contribution is 2.09. The summed E-state index contributed by atoms with van der Waals surface area (Å²) in [5, 5.41) is 8.80. The van der Waals surface area contributed by atoms with Crippen LogP contribution in [0.3, 0.4) is 0 Å². The van der Waals surface area contributed by atoms with E-state index in [0.29, 0.717) is 5.57 Å². The van der Waals surface area contributed by atoms with Crippen LogP contribution in [0.4, 0.5) is 0 Å². The number of nitrogens with two attached hydrogens (primary N) is 1. The summed E-state index contributed by atoms with van der Waals surface area (Å²) >= 11 is 4.78. The quantitative estimate of drug-likeness (QED) is 0.420. The molecule has 0 heterocycles. The van der Waals surface area contributed by atoms with Gasteiger partial charge in [0, 0.05) is 18.8 Å². The minimum absolute atomic E-state index is 0.173. The molecule has 0 unspecified atom stereocenters. The van der Waals surface area contributed by atoms with Gasteiger partial charge in [-0.2, -0.15) is 5.26 Å². The molecule has 0 aliphatic rings. The predicted molar refractivity (Wildman–Crippen MR) is 58.0 cm³/mol. The van der Waals surface area contributed by atoms with Crippen molar-refractivity contribution in [3.63, 3.8) is 0 Å². The minimum atomic E-state index is 0.173. The number of thiocarbonyl (C=S) groups is 1. The Labute approximate surface area is 84.8 Å². The van der Waals surface area contributed by atoms with E-state index in [1.54, 1.807) is 0 Å². The molecule has 0 saturated heterocycles. The van der Waals surface area contributed by atoms with Crippen molar-refractivity contribution >= 4 is 17.2 Å². The van der Waals surface area contributed by atoms with Crippen LogP contribution in [0, 0.1) is 11.3 Å². The van der Waals surface area contributed by atoms with Crippen LogP contribution in [0.1, 0.15) is 20.8 Å². The molecule has 0 aromatic rings. The number of nitriles is 1. The van der Waals surface area contributed by atoms with Crippen LogP contribution in [0.2, 0.25) is 0 Å². The smallest absolute Gasteiger partial charge is 0.116 e. The predicted octanol–water partition coefficient (Wildman–Crippen LogP) is 1.41. The van der Waals surface area contributed by atoms with Gasteiger partial charge in [-0.15, -0.1) is 0 Å². The summed E-state index contributed by atoms with van der Waals surface area (Å²) in [5.74, 6) is 0. The molecule has 0 spiro atoms. The largest absolute Gasteiger partial charge is 0.389 e. The lowest BCUT2D eigenvalue weighted by Crippen LogP contribution is -2.25. The Morgan fingerprint density at radius 1 is 1.46 bits per heavy atom. The van der Waals surface area contributed by atoms with Crippen molar-refractivity contribution in [2.75, 3.05) is 13.1 Å². The van der Waals surface area contributed by atoms with Gasteiger partial charge in [-0.1, -0.05) is 12.2 Å². The fraction of sp³-hybridized carbons (Fsp3) is 0.556. The summed E-state index contributed by atoms with van der Waals surface area (Å²) in [5.41, 5.74) is 6.70. The summed E-state index contributed by atoms with van der Waals surface area (Å²) in [7, 11) is 0. The summed E-state index contributed by atoms with van der Waals surface area (Å²) in [6.45, 7) is 7.64. The maximum absolute atomic E-state index is 8.80. The molecule has 0 aliphatic heterocycles. The van der Waals surface area contributed by atoms with Crippen molar-refractivity contribution in [3.8, 4) is 6.07 Å². The second-order valence-electron chi connectivity index (χ2n) is 2.61. The van der Waals surface area contributed by atoms with E-state index in [0.717, 1.165) is 18.8 Å². The molecule has 0 fully saturated rings. The van der Waals surface area contributed by atoms with Gasteiger partial charge < -0.3 is 10.6 Å². The van der Waals surface area contributed by atoms with Crippen molar-refractivity contribution in [2.24, 2.45) is 5.73 Å². The van der Waals surface area contributed by atoms with Crippen LogP contribution < -0.4 is 5.73 Å². The lowest BCUT2D eigenvalue weighted by Gasteiger charge is -2.22. The van der Waals surface area contributed by atoms with Crippen LogP contribution in [-0.2, 0) is 0 Å². The third kappa shape index (κ3) is 3.03. The van der Waals surface area contributed by atoms with Crippen LogP contribution in [0.15, 0.2) is 11.3 Å². The highest BCUT2D eigenvalue weighted by molar-refractivity contribution is 7.80. The number of hydrogen-bond donors (Lipinski definition) is 1. The molecular weight excluding hydrogens is 182 g/mol. The molecular formula is C9H15N3S. The zero-order valence-corrected chi connectivity index (χ0v) is 9.11. The van der Waals surface area contributed by atoms with E-state index in [2.05, 4.69) is 4.90 Å². The Kier molecular flexibility index (Phi) is 5.09. The third-order valence-electron chi connectivity index (χ3n) is 1.96. The van der Waals surface area contributed by atoms with E-state index in [-0.39, 0.29) is 4.99 Å². The first kappa shape index (κ1) is 11.9. The molecule has 0 radical (unpaired) electrons. The maximum atomic E-state index is 8.80. The zero-order chi connectivity index (χ0) is 10.4. The fourth-order valence-electron chi connectivity index (χ4n) is 1.17.